The van der Waals surface area contributed by atoms with Gasteiger partial charge in [0, 0.05) is 5.69 Å². The molecule has 1 aliphatic carbocycles. The Hall–Kier alpha value is -1.76. The average Bonchev–Trinajstić information content (AvgIpc) is 2.96. The summed E-state index contributed by atoms with van der Waals surface area (Å²) >= 11 is 0. The number of hydrogen-bond acceptors (Lipinski definition) is 1. The van der Waals surface area contributed by atoms with Crippen molar-refractivity contribution in [2.75, 3.05) is 5.73 Å². The van der Waals surface area contributed by atoms with Gasteiger partial charge in [-0.1, -0.05) is 56.2 Å². The maximum Gasteiger partial charge on any atom is 0.0320 e. The van der Waals surface area contributed by atoms with Crippen molar-refractivity contribution in [2.24, 2.45) is 5.92 Å². The Bertz CT molecular complexity index is 571. The summed E-state index contributed by atoms with van der Waals surface area (Å²) in [5, 5.41) is 0. The Morgan fingerprint density at radius 1 is 1.00 bits per heavy atom. The molecule has 1 nitrogen and oxygen atoms in total. The first-order chi connectivity index (χ1) is 9.78. The van der Waals surface area contributed by atoms with Crippen molar-refractivity contribution in [3.05, 3.63) is 54.1 Å². The van der Waals surface area contributed by atoms with Crippen molar-refractivity contribution in [3.8, 4) is 11.1 Å². The van der Waals surface area contributed by atoms with E-state index in [9.17, 15) is 0 Å². The molecule has 104 valence electrons. The third-order valence-electron chi connectivity index (χ3n) is 4.74. The molecule has 2 aromatic carbocycles. The van der Waals surface area contributed by atoms with E-state index in [1.807, 2.05) is 18.2 Å². The lowest BCUT2D eigenvalue weighted by Crippen LogP contribution is -2.04. The Labute approximate surface area is 121 Å². The quantitative estimate of drug-likeness (QED) is 0.755. The van der Waals surface area contributed by atoms with Crippen LogP contribution >= 0.6 is 0 Å². The number of anilines is 1. The lowest BCUT2D eigenvalue weighted by molar-refractivity contribution is 0.470. The molecule has 20 heavy (non-hydrogen) atoms. The van der Waals surface area contributed by atoms with Crippen molar-refractivity contribution >= 4 is 5.69 Å². The largest absolute Gasteiger partial charge is 0.399 e. The molecule has 1 aliphatic rings. The molecule has 0 spiro atoms. The molecule has 1 saturated carbocycles. The van der Waals surface area contributed by atoms with Gasteiger partial charge in [0.2, 0.25) is 0 Å². The molecule has 2 N–H and O–H groups in total. The Kier molecular flexibility index (Phi) is 3.77. The fourth-order valence-electron chi connectivity index (χ4n) is 3.61. The third-order valence-corrected chi connectivity index (χ3v) is 4.74. The second-order valence-corrected chi connectivity index (χ2v) is 5.95. The van der Waals surface area contributed by atoms with Gasteiger partial charge in [-0.25, -0.2) is 0 Å². The first-order valence-corrected chi connectivity index (χ1v) is 7.74. The normalized spacial score (nSPS) is 22.1. The molecule has 0 bridgehead atoms. The zero-order valence-electron chi connectivity index (χ0n) is 12.2. The molecule has 0 aromatic heterocycles. The minimum absolute atomic E-state index is 0.773. The topological polar surface area (TPSA) is 26.0 Å². The van der Waals surface area contributed by atoms with Gasteiger partial charge < -0.3 is 5.73 Å². The lowest BCUT2D eigenvalue weighted by atomic mass is 9.86. The molecule has 0 radical (unpaired) electrons. The maximum absolute atomic E-state index is 5.86. The summed E-state index contributed by atoms with van der Waals surface area (Å²) in [4.78, 5) is 0. The predicted molar refractivity (Wildman–Crippen MR) is 86.7 cm³/mol. The van der Waals surface area contributed by atoms with Gasteiger partial charge in [0.15, 0.2) is 0 Å². The lowest BCUT2D eigenvalue weighted by Gasteiger charge is -2.18. The van der Waals surface area contributed by atoms with Gasteiger partial charge in [0.1, 0.15) is 0 Å². The van der Waals surface area contributed by atoms with E-state index in [4.69, 9.17) is 5.73 Å². The van der Waals surface area contributed by atoms with Crippen molar-refractivity contribution in [2.45, 2.75) is 38.5 Å². The highest BCUT2D eigenvalue weighted by Crippen LogP contribution is 2.41. The zero-order valence-corrected chi connectivity index (χ0v) is 12.2. The van der Waals surface area contributed by atoms with E-state index >= 15 is 0 Å². The Balaban J connectivity index is 1.84. The predicted octanol–water partition coefficient (Wildman–Crippen LogP) is 5.23. The first kappa shape index (κ1) is 13.2. The van der Waals surface area contributed by atoms with Crippen molar-refractivity contribution in [1.82, 2.24) is 0 Å². The van der Waals surface area contributed by atoms with E-state index in [0.29, 0.717) is 0 Å². The van der Waals surface area contributed by atoms with Crippen molar-refractivity contribution < 1.29 is 0 Å². The molecule has 3 rings (SSSR count). The summed E-state index contributed by atoms with van der Waals surface area (Å²) in [6.07, 6.45) is 5.45. The van der Waals surface area contributed by atoms with Gasteiger partial charge in [-0.3, -0.25) is 0 Å². The number of benzene rings is 2. The van der Waals surface area contributed by atoms with E-state index in [-0.39, 0.29) is 0 Å². The van der Waals surface area contributed by atoms with E-state index < -0.39 is 0 Å². The maximum atomic E-state index is 5.86. The number of nitrogen functional groups attached to an aromatic ring is 1. The molecule has 0 heterocycles. The molecule has 1 heteroatoms. The van der Waals surface area contributed by atoms with Gasteiger partial charge in [-0.05, 0) is 53.5 Å². The van der Waals surface area contributed by atoms with Crippen LogP contribution in [0.25, 0.3) is 11.1 Å². The van der Waals surface area contributed by atoms with Crippen LogP contribution in [0.2, 0.25) is 0 Å². The monoisotopic (exact) mass is 265 g/mol. The van der Waals surface area contributed by atoms with Gasteiger partial charge in [0.05, 0.1) is 0 Å². The molecule has 0 saturated heterocycles. The molecule has 1 fully saturated rings. The summed E-state index contributed by atoms with van der Waals surface area (Å²) in [5.41, 5.74) is 10.7. The van der Waals surface area contributed by atoms with Crippen LogP contribution in [0.3, 0.4) is 0 Å². The molecule has 0 amide bonds. The van der Waals surface area contributed by atoms with E-state index in [1.165, 1.54) is 42.4 Å². The highest BCUT2D eigenvalue weighted by atomic mass is 14.5. The van der Waals surface area contributed by atoms with Crippen LogP contribution in [0.4, 0.5) is 5.69 Å². The van der Waals surface area contributed by atoms with E-state index in [0.717, 1.165) is 17.5 Å². The third kappa shape index (κ3) is 2.58. The highest BCUT2D eigenvalue weighted by Gasteiger charge is 2.26. The number of rotatable bonds is 3. The summed E-state index contributed by atoms with van der Waals surface area (Å²) in [5.74, 6) is 1.66. The molecule has 2 aromatic rings. The standard InChI is InChI=1S/C19H23N/c1-2-14-5-4-8-19(14)16-11-9-15(10-12-16)17-6-3-7-18(20)13-17/h3,6-7,9-14,19H,2,4-5,8,20H2,1H3. The van der Waals surface area contributed by atoms with Crippen molar-refractivity contribution in [1.29, 1.82) is 0 Å². The highest BCUT2D eigenvalue weighted by molar-refractivity contribution is 5.67. The minimum atomic E-state index is 0.773. The SMILES string of the molecule is CCC1CCCC1c1ccc(-c2cccc(N)c2)cc1. The summed E-state index contributed by atoms with van der Waals surface area (Å²) in [7, 11) is 0. The summed E-state index contributed by atoms with van der Waals surface area (Å²) in [6, 6.07) is 17.2. The zero-order chi connectivity index (χ0) is 13.9. The van der Waals surface area contributed by atoms with Crippen molar-refractivity contribution in [3.63, 3.8) is 0 Å². The van der Waals surface area contributed by atoms with E-state index in [1.54, 1.807) is 0 Å². The van der Waals surface area contributed by atoms with Crippen LogP contribution in [0.1, 0.15) is 44.1 Å². The summed E-state index contributed by atoms with van der Waals surface area (Å²) < 4.78 is 0. The van der Waals surface area contributed by atoms with Crippen LogP contribution < -0.4 is 5.73 Å². The van der Waals surface area contributed by atoms with Gasteiger partial charge in [-0.2, -0.15) is 0 Å². The fourth-order valence-corrected chi connectivity index (χ4v) is 3.61. The van der Waals surface area contributed by atoms with Gasteiger partial charge in [0.25, 0.3) is 0 Å². The van der Waals surface area contributed by atoms with Crippen LogP contribution in [0.5, 0.6) is 0 Å². The van der Waals surface area contributed by atoms with Gasteiger partial charge in [-0.15, -0.1) is 0 Å². The molecule has 0 aliphatic heterocycles. The van der Waals surface area contributed by atoms with Gasteiger partial charge >= 0.3 is 0 Å². The first-order valence-electron chi connectivity index (χ1n) is 7.74. The molecular weight excluding hydrogens is 242 g/mol. The molecular formula is C19H23N. The molecule has 2 unspecified atom stereocenters. The fraction of sp³-hybridized carbons (Fsp3) is 0.368. The van der Waals surface area contributed by atoms with Crippen LogP contribution in [0.15, 0.2) is 48.5 Å². The van der Waals surface area contributed by atoms with Crippen LogP contribution in [-0.2, 0) is 0 Å². The van der Waals surface area contributed by atoms with Crippen LogP contribution in [-0.4, -0.2) is 0 Å². The molecule has 2 atom stereocenters. The smallest absolute Gasteiger partial charge is 0.0320 e. The second-order valence-electron chi connectivity index (χ2n) is 5.95. The second kappa shape index (κ2) is 5.70. The number of hydrogen-bond donors (Lipinski definition) is 1. The average molecular weight is 265 g/mol. The summed E-state index contributed by atoms with van der Waals surface area (Å²) in [6.45, 7) is 2.32. The van der Waals surface area contributed by atoms with E-state index in [2.05, 4.69) is 37.3 Å². The number of nitrogens with two attached hydrogens (primary N) is 1. The Morgan fingerprint density at radius 3 is 2.50 bits per heavy atom. The Morgan fingerprint density at radius 2 is 1.80 bits per heavy atom. The van der Waals surface area contributed by atoms with Crippen LogP contribution in [0, 0.1) is 5.92 Å². The minimum Gasteiger partial charge on any atom is -0.399 e.